The van der Waals surface area contributed by atoms with Crippen LogP contribution < -0.4 is 11.1 Å². The Hall–Kier alpha value is -3.38. The zero-order chi connectivity index (χ0) is 26.5. The fourth-order valence-corrected chi connectivity index (χ4v) is 5.19. The highest BCUT2D eigenvalue weighted by Crippen LogP contribution is 2.43. The van der Waals surface area contributed by atoms with Crippen LogP contribution in [0.25, 0.3) is 21.3 Å². The molecular weight excluding hydrogens is 512 g/mol. The van der Waals surface area contributed by atoms with Gasteiger partial charge in [0.1, 0.15) is 15.4 Å². The Labute approximate surface area is 214 Å². The molecule has 4 heterocycles. The van der Waals surface area contributed by atoms with E-state index in [1.807, 2.05) is 0 Å². The third-order valence-corrected chi connectivity index (χ3v) is 7.51. The first-order chi connectivity index (χ1) is 16.9. The predicted octanol–water partition coefficient (Wildman–Crippen LogP) is 4.78. The number of alkyl halides is 2. The third kappa shape index (κ3) is 4.58. The monoisotopic (exact) mass is 535 g/mol. The molecule has 0 aromatic carbocycles. The number of anilines is 1. The molecule has 0 spiro atoms. The van der Waals surface area contributed by atoms with Crippen molar-refractivity contribution in [3.8, 4) is 11.1 Å². The Bertz CT molecular complexity index is 1510. The van der Waals surface area contributed by atoms with Gasteiger partial charge in [-0.2, -0.15) is 10.2 Å². The van der Waals surface area contributed by atoms with Crippen LogP contribution in [0.5, 0.6) is 0 Å². The number of pyridine rings is 1. The van der Waals surface area contributed by atoms with Crippen LogP contribution in [0.3, 0.4) is 0 Å². The average Bonchev–Trinajstić information content (AvgIpc) is 3.42. The molecule has 13 heteroatoms. The second-order valence-corrected chi connectivity index (χ2v) is 9.98. The largest absolute Gasteiger partial charge is 0.365 e. The molecule has 1 atom stereocenters. The fourth-order valence-electron chi connectivity index (χ4n) is 4.04. The number of fused-ring (bicyclic) bond motifs is 1. The molecule has 1 unspecified atom stereocenters. The molecule has 4 aromatic heterocycles. The van der Waals surface area contributed by atoms with E-state index in [9.17, 15) is 18.4 Å². The fraction of sp³-hybridized carbons (Fsp3) is 0.348. The minimum Gasteiger partial charge on any atom is -0.365 e. The number of halogens is 3. The van der Waals surface area contributed by atoms with Gasteiger partial charge in [0.15, 0.2) is 0 Å². The van der Waals surface area contributed by atoms with Gasteiger partial charge >= 0.3 is 0 Å². The summed E-state index contributed by atoms with van der Waals surface area (Å²) in [6.45, 7) is 7.26. The first-order valence-electron chi connectivity index (χ1n) is 10.9. The number of carbonyl (C=O) groups excluding carboxylic acids is 2. The van der Waals surface area contributed by atoms with Crippen molar-refractivity contribution < 1.29 is 18.4 Å². The number of primary amides is 1. The summed E-state index contributed by atoms with van der Waals surface area (Å²) in [5.41, 5.74) is 8.21. The highest BCUT2D eigenvalue weighted by Gasteiger charge is 2.27. The van der Waals surface area contributed by atoms with Crippen molar-refractivity contribution in [2.24, 2.45) is 18.7 Å². The van der Waals surface area contributed by atoms with Gasteiger partial charge in [0.25, 0.3) is 12.3 Å². The highest BCUT2D eigenvalue weighted by molar-refractivity contribution is 7.21. The van der Waals surface area contributed by atoms with Gasteiger partial charge in [-0.25, -0.2) is 13.8 Å². The van der Waals surface area contributed by atoms with Crippen LogP contribution in [-0.4, -0.2) is 36.4 Å². The maximum Gasteiger partial charge on any atom is 0.280 e. The van der Waals surface area contributed by atoms with Gasteiger partial charge in [0, 0.05) is 24.2 Å². The van der Waals surface area contributed by atoms with Crippen molar-refractivity contribution in [3.63, 3.8) is 0 Å². The van der Waals surface area contributed by atoms with E-state index < -0.39 is 29.9 Å². The molecule has 0 aliphatic rings. The summed E-state index contributed by atoms with van der Waals surface area (Å²) in [5, 5.41) is 12.3. The molecular formula is C23H24ClF2N7O2S. The molecule has 0 bridgehead atoms. The van der Waals surface area contributed by atoms with Crippen molar-refractivity contribution in [3.05, 3.63) is 44.9 Å². The SMILES string of the molecule is Cc1nn(C)cc1-c1cc(C(F)F)nc2sc(C(N)=O)c(NC(=O)C(C)Cn3nc(C)c(Cl)c3C)c12. The molecule has 0 saturated carbocycles. The number of aromatic nitrogens is 5. The van der Waals surface area contributed by atoms with E-state index in [0.717, 1.165) is 17.0 Å². The standard InChI is InChI=1S/C23H24ClF2N7O2S/c1-9(7-33-12(4)17(24)11(3)31-33)22(35)29-18-16-13(14-8-32(5)30-10(14)2)6-15(20(25)26)28-23(16)36-19(18)21(27)34/h6,8-9,20H,7H2,1-5H3,(H2,27,34)(H,29,35). The number of nitrogens with two attached hydrogens (primary N) is 1. The lowest BCUT2D eigenvalue weighted by atomic mass is 10.0. The number of nitrogens with one attached hydrogen (secondary N) is 1. The molecule has 9 nitrogen and oxygen atoms in total. The molecule has 0 aliphatic carbocycles. The molecule has 3 N–H and O–H groups in total. The molecule has 0 saturated heterocycles. The Morgan fingerprint density at radius 1 is 1.19 bits per heavy atom. The van der Waals surface area contributed by atoms with Gasteiger partial charge < -0.3 is 11.1 Å². The molecule has 0 aliphatic heterocycles. The van der Waals surface area contributed by atoms with Crippen molar-refractivity contribution >= 4 is 50.7 Å². The lowest BCUT2D eigenvalue weighted by Gasteiger charge is -2.15. The van der Waals surface area contributed by atoms with Gasteiger partial charge in [0.2, 0.25) is 5.91 Å². The van der Waals surface area contributed by atoms with Crippen LogP contribution in [0.2, 0.25) is 5.02 Å². The van der Waals surface area contributed by atoms with E-state index in [1.54, 1.807) is 50.3 Å². The lowest BCUT2D eigenvalue weighted by molar-refractivity contribution is -0.119. The lowest BCUT2D eigenvalue weighted by Crippen LogP contribution is -2.26. The van der Waals surface area contributed by atoms with Gasteiger partial charge in [-0.15, -0.1) is 11.3 Å². The predicted molar refractivity (Wildman–Crippen MR) is 135 cm³/mol. The summed E-state index contributed by atoms with van der Waals surface area (Å²) >= 11 is 7.08. The summed E-state index contributed by atoms with van der Waals surface area (Å²) in [4.78, 5) is 29.8. The number of hydrogen-bond donors (Lipinski definition) is 2. The van der Waals surface area contributed by atoms with Crippen LogP contribution in [0.15, 0.2) is 12.3 Å². The Morgan fingerprint density at radius 2 is 1.89 bits per heavy atom. The van der Waals surface area contributed by atoms with Crippen molar-refractivity contribution in [2.45, 2.75) is 40.7 Å². The quantitative estimate of drug-likeness (QED) is 0.352. The smallest absolute Gasteiger partial charge is 0.280 e. The molecule has 0 fully saturated rings. The summed E-state index contributed by atoms with van der Waals surface area (Å²) in [6, 6.07) is 1.26. The van der Waals surface area contributed by atoms with Crippen molar-refractivity contribution in [1.29, 1.82) is 0 Å². The normalized spacial score (nSPS) is 12.5. The van der Waals surface area contributed by atoms with Crippen molar-refractivity contribution in [1.82, 2.24) is 24.5 Å². The Kier molecular flexibility index (Phi) is 6.84. The van der Waals surface area contributed by atoms with E-state index >= 15 is 0 Å². The molecule has 4 rings (SSSR count). The second-order valence-electron chi connectivity index (χ2n) is 8.61. The highest BCUT2D eigenvalue weighted by atomic mass is 35.5. The molecule has 190 valence electrons. The number of thiophene rings is 1. The number of carbonyl (C=O) groups is 2. The number of hydrogen-bond acceptors (Lipinski definition) is 6. The van der Waals surface area contributed by atoms with E-state index in [1.165, 1.54) is 6.07 Å². The number of aryl methyl sites for hydroxylation is 3. The number of amides is 2. The summed E-state index contributed by atoms with van der Waals surface area (Å²) < 4.78 is 30.6. The summed E-state index contributed by atoms with van der Waals surface area (Å²) in [7, 11) is 1.71. The first kappa shape index (κ1) is 25.7. The van der Waals surface area contributed by atoms with Gasteiger partial charge in [-0.1, -0.05) is 18.5 Å². The van der Waals surface area contributed by atoms with Crippen molar-refractivity contribution in [2.75, 3.05) is 5.32 Å². The Balaban J connectivity index is 1.82. The van der Waals surface area contributed by atoms with Crippen LogP contribution in [0, 0.1) is 26.7 Å². The molecule has 4 aromatic rings. The second kappa shape index (κ2) is 9.58. The summed E-state index contributed by atoms with van der Waals surface area (Å²) in [5.74, 6) is -1.79. The van der Waals surface area contributed by atoms with E-state index in [0.29, 0.717) is 32.9 Å². The van der Waals surface area contributed by atoms with Crippen LogP contribution in [0.4, 0.5) is 14.5 Å². The van der Waals surface area contributed by atoms with Gasteiger partial charge in [-0.05, 0) is 32.4 Å². The molecule has 2 amide bonds. The third-order valence-electron chi connectivity index (χ3n) is 5.87. The Morgan fingerprint density at radius 3 is 2.42 bits per heavy atom. The van der Waals surface area contributed by atoms with E-state index in [4.69, 9.17) is 17.3 Å². The first-order valence-corrected chi connectivity index (χ1v) is 12.1. The summed E-state index contributed by atoms with van der Waals surface area (Å²) in [6.07, 6.45) is -1.16. The topological polar surface area (TPSA) is 121 Å². The van der Waals surface area contributed by atoms with Crippen LogP contribution in [-0.2, 0) is 18.4 Å². The maximum atomic E-state index is 13.7. The van der Waals surface area contributed by atoms with E-state index in [-0.39, 0.29) is 21.9 Å². The molecule has 36 heavy (non-hydrogen) atoms. The minimum absolute atomic E-state index is 0.0152. The maximum absolute atomic E-state index is 13.7. The zero-order valence-corrected chi connectivity index (χ0v) is 21.8. The van der Waals surface area contributed by atoms with Gasteiger partial charge in [-0.3, -0.25) is 19.0 Å². The number of nitrogens with zero attached hydrogens (tertiary/aromatic N) is 5. The van der Waals surface area contributed by atoms with Crippen LogP contribution >= 0.6 is 22.9 Å². The number of rotatable bonds is 7. The zero-order valence-electron chi connectivity index (χ0n) is 20.2. The molecule has 0 radical (unpaired) electrons. The van der Waals surface area contributed by atoms with Gasteiger partial charge in [0.05, 0.1) is 40.3 Å². The minimum atomic E-state index is -2.84. The average molecular weight is 536 g/mol. The van der Waals surface area contributed by atoms with E-state index in [2.05, 4.69) is 20.5 Å². The van der Waals surface area contributed by atoms with Crippen LogP contribution in [0.1, 0.15) is 45.8 Å².